The summed E-state index contributed by atoms with van der Waals surface area (Å²) in [6.07, 6.45) is 1.59. The molecule has 2 aromatic rings. The number of amides is 1. The van der Waals surface area contributed by atoms with Crippen LogP contribution in [0.2, 0.25) is 0 Å². The Bertz CT molecular complexity index is 859. The number of esters is 1. The van der Waals surface area contributed by atoms with Gasteiger partial charge < -0.3 is 10.1 Å². The van der Waals surface area contributed by atoms with Gasteiger partial charge in [0.25, 0.3) is 0 Å². The van der Waals surface area contributed by atoms with Crippen LogP contribution in [0.5, 0.6) is 0 Å². The Morgan fingerprint density at radius 1 is 1.36 bits per heavy atom. The fourth-order valence-corrected chi connectivity index (χ4v) is 3.87. The normalized spacial score (nSPS) is 17.3. The number of aromatic nitrogens is 1. The van der Waals surface area contributed by atoms with E-state index in [0.29, 0.717) is 29.5 Å². The number of carbonyl (C=O) groups is 2. The molecule has 150 valence electrons. The summed E-state index contributed by atoms with van der Waals surface area (Å²) in [7, 11) is 0. The lowest BCUT2D eigenvalue weighted by atomic mass is 9.98. The number of piperidine rings is 1. The number of nitrogens with one attached hydrogen (secondary N) is 1. The summed E-state index contributed by atoms with van der Waals surface area (Å²) in [4.78, 5) is 30.4. The first-order chi connectivity index (χ1) is 13.5. The Labute approximate surface area is 165 Å². The van der Waals surface area contributed by atoms with Gasteiger partial charge in [0.15, 0.2) is 16.8 Å². The molecule has 3 rings (SSSR count). The molecule has 6 nitrogen and oxygen atoms in total. The van der Waals surface area contributed by atoms with E-state index in [9.17, 15) is 18.4 Å². The monoisotopic (exact) mass is 409 g/mol. The maximum atomic E-state index is 13.4. The van der Waals surface area contributed by atoms with Gasteiger partial charge in [-0.15, -0.1) is 11.3 Å². The van der Waals surface area contributed by atoms with Crippen LogP contribution < -0.4 is 5.32 Å². The molecule has 1 aliphatic heterocycles. The predicted molar refractivity (Wildman–Crippen MR) is 102 cm³/mol. The Morgan fingerprint density at radius 2 is 2.18 bits per heavy atom. The Kier molecular flexibility index (Phi) is 6.69. The van der Waals surface area contributed by atoms with Crippen LogP contribution in [0.25, 0.3) is 11.3 Å². The molecule has 0 radical (unpaired) electrons. The van der Waals surface area contributed by atoms with Crippen molar-refractivity contribution in [1.29, 1.82) is 0 Å². The van der Waals surface area contributed by atoms with Gasteiger partial charge in [0, 0.05) is 17.5 Å². The van der Waals surface area contributed by atoms with Crippen molar-refractivity contribution in [2.75, 3.05) is 31.6 Å². The van der Waals surface area contributed by atoms with Crippen LogP contribution in [0, 0.1) is 17.6 Å². The molecule has 1 aromatic carbocycles. The summed E-state index contributed by atoms with van der Waals surface area (Å²) in [5, 5.41) is 4.76. The van der Waals surface area contributed by atoms with Gasteiger partial charge in [-0.05, 0) is 44.5 Å². The number of carbonyl (C=O) groups excluding carboxylic acids is 2. The summed E-state index contributed by atoms with van der Waals surface area (Å²) >= 11 is 1.20. The van der Waals surface area contributed by atoms with Gasteiger partial charge in [0.1, 0.15) is 0 Å². The number of ether oxygens (including phenoxy) is 1. The molecule has 1 amide bonds. The SMILES string of the molecule is CCOC(=O)C1CCCN(CC(=O)Nc2nc(-c3ccc(F)c(F)c3)cs2)C1. The summed E-state index contributed by atoms with van der Waals surface area (Å²) in [5.41, 5.74) is 0.892. The second-order valence-corrected chi connectivity index (χ2v) is 7.40. The zero-order valence-corrected chi connectivity index (χ0v) is 16.2. The Hall–Kier alpha value is -2.39. The lowest BCUT2D eigenvalue weighted by Gasteiger charge is -2.30. The van der Waals surface area contributed by atoms with E-state index in [2.05, 4.69) is 10.3 Å². The molecule has 1 unspecified atom stereocenters. The van der Waals surface area contributed by atoms with Gasteiger partial charge in [-0.1, -0.05) is 0 Å². The highest BCUT2D eigenvalue weighted by molar-refractivity contribution is 7.14. The molecule has 0 bridgehead atoms. The molecule has 1 saturated heterocycles. The number of thiazole rings is 1. The first-order valence-electron chi connectivity index (χ1n) is 9.06. The van der Waals surface area contributed by atoms with E-state index < -0.39 is 11.6 Å². The Balaban J connectivity index is 1.56. The number of halogens is 2. The van der Waals surface area contributed by atoms with Crippen LogP contribution in [0.1, 0.15) is 19.8 Å². The second kappa shape index (κ2) is 9.20. The van der Waals surface area contributed by atoms with E-state index >= 15 is 0 Å². The molecular weight excluding hydrogens is 388 g/mol. The first kappa shape index (κ1) is 20.3. The van der Waals surface area contributed by atoms with Gasteiger partial charge in [-0.3, -0.25) is 14.5 Å². The zero-order chi connectivity index (χ0) is 20.1. The minimum atomic E-state index is -0.947. The van der Waals surface area contributed by atoms with E-state index in [1.807, 2.05) is 4.90 Å². The quantitative estimate of drug-likeness (QED) is 0.742. The molecule has 1 N–H and O–H groups in total. The molecule has 0 saturated carbocycles. The lowest BCUT2D eigenvalue weighted by Crippen LogP contribution is -2.43. The summed E-state index contributed by atoms with van der Waals surface area (Å²) in [5.74, 6) is -2.53. The van der Waals surface area contributed by atoms with Crippen molar-refractivity contribution in [2.45, 2.75) is 19.8 Å². The average molecular weight is 409 g/mol. The number of nitrogens with zero attached hydrogens (tertiary/aromatic N) is 2. The third kappa shape index (κ3) is 5.11. The number of hydrogen-bond acceptors (Lipinski definition) is 6. The maximum Gasteiger partial charge on any atom is 0.310 e. The van der Waals surface area contributed by atoms with Gasteiger partial charge in [0.2, 0.25) is 5.91 Å². The maximum absolute atomic E-state index is 13.4. The van der Waals surface area contributed by atoms with E-state index in [1.165, 1.54) is 17.4 Å². The molecule has 1 aromatic heterocycles. The van der Waals surface area contributed by atoms with Crippen LogP contribution in [-0.4, -0.2) is 48.0 Å². The number of benzene rings is 1. The minimum absolute atomic E-state index is 0.149. The van der Waals surface area contributed by atoms with Crippen LogP contribution in [0.4, 0.5) is 13.9 Å². The lowest BCUT2D eigenvalue weighted by molar-refractivity contribution is -0.150. The van der Waals surface area contributed by atoms with Crippen molar-refractivity contribution in [3.8, 4) is 11.3 Å². The molecule has 0 aliphatic carbocycles. The summed E-state index contributed by atoms with van der Waals surface area (Å²) < 4.78 is 31.5. The van der Waals surface area contributed by atoms with Gasteiger partial charge >= 0.3 is 5.97 Å². The fourth-order valence-electron chi connectivity index (χ4n) is 3.13. The van der Waals surface area contributed by atoms with E-state index in [1.54, 1.807) is 12.3 Å². The molecule has 1 fully saturated rings. The van der Waals surface area contributed by atoms with E-state index in [-0.39, 0.29) is 24.3 Å². The van der Waals surface area contributed by atoms with E-state index in [0.717, 1.165) is 31.5 Å². The van der Waals surface area contributed by atoms with Crippen molar-refractivity contribution in [2.24, 2.45) is 5.92 Å². The largest absolute Gasteiger partial charge is 0.466 e. The van der Waals surface area contributed by atoms with Crippen LogP contribution in [0.15, 0.2) is 23.6 Å². The average Bonchev–Trinajstić information content (AvgIpc) is 3.12. The summed E-state index contributed by atoms with van der Waals surface area (Å²) in [6.45, 7) is 3.50. The minimum Gasteiger partial charge on any atom is -0.466 e. The standard InChI is InChI=1S/C19H21F2N3O3S/c1-2-27-18(26)13-4-3-7-24(9-13)10-17(25)23-19-22-16(11-28-19)12-5-6-14(20)15(21)8-12/h5-6,8,11,13H,2-4,7,9-10H2,1H3,(H,22,23,25). The van der Waals surface area contributed by atoms with E-state index in [4.69, 9.17) is 4.74 Å². The van der Waals surface area contributed by atoms with Crippen LogP contribution >= 0.6 is 11.3 Å². The molecular formula is C19H21F2N3O3S. The second-order valence-electron chi connectivity index (χ2n) is 6.54. The van der Waals surface area contributed by atoms with Gasteiger partial charge in [0.05, 0.1) is 24.8 Å². The van der Waals surface area contributed by atoms with Crippen LogP contribution in [-0.2, 0) is 14.3 Å². The third-order valence-electron chi connectivity index (χ3n) is 4.46. The molecule has 28 heavy (non-hydrogen) atoms. The van der Waals surface area contributed by atoms with Gasteiger partial charge in [-0.25, -0.2) is 13.8 Å². The third-order valence-corrected chi connectivity index (χ3v) is 5.22. The topological polar surface area (TPSA) is 71.5 Å². The molecule has 0 spiro atoms. The van der Waals surface area contributed by atoms with Crippen molar-refractivity contribution in [1.82, 2.24) is 9.88 Å². The predicted octanol–water partition coefficient (Wildman–Crippen LogP) is 3.30. The fraction of sp³-hybridized carbons (Fsp3) is 0.421. The van der Waals surface area contributed by atoms with Crippen LogP contribution in [0.3, 0.4) is 0 Å². The highest BCUT2D eigenvalue weighted by Gasteiger charge is 2.27. The smallest absolute Gasteiger partial charge is 0.310 e. The van der Waals surface area contributed by atoms with Gasteiger partial charge in [-0.2, -0.15) is 0 Å². The highest BCUT2D eigenvalue weighted by atomic mass is 32.1. The number of likely N-dealkylation sites (tertiary alicyclic amines) is 1. The van der Waals surface area contributed by atoms with Crippen molar-refractivity contribution in [3.05, 3.63) is 35.2 Å². The first-order valence-corrected chi connectivity index (χ1v) is 9.94. The molecule has 2 heterocycles. The number of anilines is 1. The molecule has 9 heteroatoms. The van der Waals surface area contributed by atoms with Crippen molar-refractivity contribution < 1.29 is 23.1 Å². The molecule has 1 atom stereocenters. The Morgan fingerprint density at radius 3 is 2.93 bits per heavy atom. The number of rotatable bonds is 6. The summed E-state index contributed by atoms with van der Waals surface area (Å²) in [6, 6.07) is 3.54. The molecule has 1 aliphatic rings. The number of hydrogen-bond donors (Lipinski definition) is 1. The van der Waals surface area contributed by atoms with Crippen molar-refractivity contribution >= 4 is 28.3 Å². The zero-order valence-electron chi connectivity index (χ0n) is 15.4. The van der Waals surface area contributed by atoms with Crippen molar-refractivity contribution in [3.63, 3.8) is 0 Å². The highest BCUT2D eigenvalue weighted by Crippen LogP contribution is 2.26.